The van der Waals surface area contributed by atoms with Gasteiger partial charge in [0.2, 0.25) is 5.91 Å². The van der Waals surface area contributed by atoms with E-state index in [1.54, 1.807) is 23.1 Å². The van der Waals surface area contributed by atoms with Crippen LogP contribution < -0.4 is 21.1 Å². The van der Waals surface area contributed by atoms with E-state index < -0.39 is 6.03 Å². The first-order valence-electron chi connectivity index (χ1n) is 9.52. The third kappa shape index (κ3) is 4.67. The van der Waals surface area contributed by atoms with Crippen molar-refractivity contribution in [3.8, 4) is 0 Å². The van der Waals surface area contributed by atoms with E-state index in [9.17, 15) is 14.4 Å². The van der Waals surface area contributed by atoms with E-state index >= 15 is 0 Å². The number of carbonyl (C=O) groups excluding carboxylic acids is 3. The number of hydrazine groups is 1. The van der Waals surface area contributed by atoms with Gasteiger partial charge in [0.25, 0.3) is 5.91 Å². The normalized spacial score (nSPS) is 16.8. The second kappa shape index (κ2) is 8.70. The number of amides is 4. The van der Waals surface area contributed by atoms with Crippen molar-refractivity contribution >= 4 is 23.5 Å². The van der Waals surface area contributed by atoms with E-state index in [1.807, 2.05) is 0 Å². The molecule has 1 aliphatic heterocycles. The number of anilines is 1. The molecule has 0 unspecified atom stereocenters. The lowest BCUT2D eigenvalue weighted by Crippen LogP contribution is -2.50. The van der Waals surface area contributed by atoms with E-state index in [0.717, 1.165) is 49.8 Å². The van der Waals surface area contributed by atoms with Gasteiger partial charge in [-0.1, -0.05) is 25.8 Å². The summed E-state index contributed by atoms with van der Waals surface area (Å²) in [6.45, 7) is 4.18. The number of nitrogens with zero attached hydrogens (tertiary/aromatic N) is 1. The maximum atomic E-state index is 12.3. The van der Waals surface area contributed by atoms with Crippen LogP contribution in [0.15, 0.2) is 30.9 Å². The highest BCUT2D eigenvalue weighted by atomic mass is 16.2. The van der Waals surface area contributed by atoms with Crippen molar-refractivity contribution in [2.75, 3.05) is 11.4 Å². The zero-order chi connectivity index (χ0) is 19.2. The van der Waals surface area contributed by atoms with Crippen molar-refractivity contribution in [2.45, 2.75) is 51.0 Å². The molecule has 0 radical (unpaired) electrons. The van der Waals surface area contributed by atoms with Gasteiger partial charge in [-0.2, -0.15) is 0 Å². The quantitative estimate of drug-likeness (QED) is 0.564. The molecule has 3 N–H and O–H groups in total. The Morgan fingerprint density at radius 1 is 1.07 bits per heavy atom. The third-order valence-electron chi connectivity index (χ3n) is 5.13. The molecule has 7 nitrogen and oxygen atoms in total. The molecule has 2 aliphatic rings. The van der Waals surface area contributed by atoms with Crippen LogP contribution in [-0.4, -0.2) is 30.4 Å². The number of fused-ring (bicyclic) bond motifs is 1. The lowest BCUT2D eigenvalue weighted by Gasteiger charge is -2.29. The molecule has 4 amide bonds. The lowest BCUT2D eigenvalue weighted by molar-refractivity contribution is -0.114. The SMILES string of the molecule is C=CC(=O)N1CCCc2cc(C(=O)NNC(=O)NC3CCCCC3)ccc21. The maximum absolute atomic E-state index is 12.3. The molecule has 1 aromatic carbocycles. The summed E-state index contributed by atoms with van der Waals surface area (Å²) < 4.78 is 0. The third-order valence-corrected chi connectivity index (χ3v) is 5.13. The molecule has 0 bridgehead atoms. The Hall–Kier alpha value is -2.83. The molecule has 3 rings (SSSR count). The minimum absolute atomic E-state index is 0.144. The predicted octanol–water partition coefficient (Wildman–Crippen LogP) is 2.43. The zero-order valence-corrected chi connectivity index (χ0v) is 15.4. The van der Waals surface area contributed by atoms with E-state index in [2.05, 4.69) is 22.7 Å². The largest absolute Gasteiger partial charge is 0.334 e. The van der Waals surface area contributed by atoms with Crippen molar-refractivity contribution in [2.24, 2.45) is 0 Å². The molecule has 0 atom stereocenters. The summed E-state index contributed by atoms with van der Waals surface area (Å²) in [6.07, 6.45) is 8.34. The number of nitrogens with one attached hydrogen (secondary N) is 3. The zero-order valence-electron chi connectivity index (χ0n) is 15.4. The van der Waals surface area contributed by atoms with Crippen molar-refractivity contribution in [3.63, 3.8) is 0 Å². The van der Waals surface area contributed by atoms with Gasteiger partial charge in [-0.05, 0) is 55.5 Å². The number of hydrogen-bond acceptors (Lipinski definition) is 3. The van der Waals surface area contributed by atoms with Gasteiger partial charge in [-0.3, -0.25) is 15.0 Å². The van der Waals surface area contributed by atoms with Gasteiger partial charge in [0.15, 0.2) is 0 Å². The van der Waals surface area contributed by atoms with E-state index in [-0.39, 0.29) is 17.9 Å². The first-order chi connectivity index (χ1) is 13.1. The first kappa shape index (κ1) is 18.9. The molecule has 1 fully saturated rings. The van der Waals surface area contributed by atoms with E-state index in [4.69, 9.17) is 0 Å². The van der Waals surface area contributed by atoms with Crippen molar-refractivity contribution in [1.82, 2.24) is 16.2 Å². The van der Waals surface area contributed by atoms with Gasteiger partial charge in [0.1, 0.15) is 0 Å². The highest BCUT2D eigenvalue weighted by Gasteiger charge is 2.22. The fourth-order valence-electron chi connectivity index (χ4n) is 3.73. The Kier molecular flexibility index (Phi) is 6.11. The van der Waals surface area contributed by atoms with Crippen LogP contribution in [-0.2, 0) is 11.2 Å². The second-order valence-corrected chi connectivity index (χ2v) is 7.03. The summed E-state index contributed by atoms with van der Waals surface area (Å²) in [7, 11) is 0. The monoisotopic (exact) mass is 370 g/mol. The first-order valence-corrected chi connectivity index (χ1v) is 9.52. The molecule has 0 saturated heterocycles. The van der Waals surface area contributed by atoms with Crippen LogP contribution in [0.4, 0.5) is 10.5 Å². The van der Waals surface area contributed by atoms with Crippen molar-refractivity contribution < 1.29 is 14.4 Å². The standard InChI is InChI=1S/C20H26N4O3/c1-2-18(25)24-12-6-7-14-13-15(10-11-17(14)24)19(26)22-23-20(27)21-16-8-4-3-5-9-16/h2,10-11,13,16H,1,3-9,12H2,(H,22,26)(H2,21,23,27). The molecule has 0 spiro atoms. The van der Waals surface area contributed by atoms with Crippen LogP contribution >= 0.6 is 0 Å². The van der Waals surface area contributed by atoms with Gasteiger partial charge in [0.05, 0.1) is 0 Å². The van der Waals surface area contributed by atoms with Crippen LogP contribution in [0.5, 0.6) is 0 Å². The molecule has 27 heavy (non-hydrogen) atoms. The maximum Gasteiger partial charge on any atom is 0.333 e. The van der Waals surface area contributed by atoms with Crippen molar-refractivity contribution in [3.05, 3.63) is 42.0 Å². The summed E-state index contributed by atoms with van der Waals surface area (Å²) in [6, 6.07) is 4.98. The molecule has 1 saturated carbocycles. The van der Waals surface area contributed by atoms with Gasteiger partial charge >= 0.3 is 6.03 Å². The summed E-state index contributed by atoms with van der Waals surface area (Å²) in [4.78, 5) is 37.9. The average molecular weight is 370 g/mol. The summed E-state index contributed by atoms with van der Waals surface area (Å²) in [5.41, 5.74) is 7.06. The van der Waals surface area contributed by atoms with Gasteiger partial charge in [-0.25, -0.2) is 10.2 Å². The van der Waals surface area contributed by atoms with Gasteiger partial charge in [0, 0.05) is 23.8 Å². The lowest BCUT2D eigenvalue weighted by atomic mass is 9.96. The highest BCUT2D eigenvalue weighted by molar-refractivity contribution is 6.02. The minimum atomic E-state index is -0.393. The van der Waals surface area contributed by atoms with Crippen molar-refractivity contribution in [1.29, 1.82) is 0 Å². The van der Waals surface area contributed by atoms with Gasteiger partial charge in [-0.15, -0.1) is 0 Å². The number of hydrogen-bond donors (Lipinski definition) is 3. The Morgan fingerprint density at radius 2 is 1.85 bits per heavy atom. The number of urea groups is 1. The number of rotatable bonds is 3. The number of aryl methyl sites for hydroxylation is 1. The topological polar surface area (TPSA) is 90.5 Å². The Labute approximate surface area is 159 Å². The summed E-state index contributed by atoms with van der Waals surface area (Å²) in [5, 5.41) is 2.88. The van der Waals surface area contributed by atoms with Gasteiger partial charge < -0.3 is 10.2 Å². The number of carbonyl (C=O) groups is 3. The molecule has 1 aromatic rings. The fraction of sp³-hybridized carbons (Fsp3) is 0.450. The smallest absolute Gasteiger partial charge is 0.333 e. The molecule has 1 heterocycles. The molecular weight excluding hydrogens is 344 g/mol. The number of benzene rings is 1. The molecule has 0 aromatic heterocycles. The average Bonchev–Trinajstić information content (AvgIpc) is 2.71. The van der Waals surface area contributed by atoms with Crippen LogP contribution in [0.1, 0.15) is 54.4 Å². The Balaban J connectivity index is 1.58. The van der Waals surface area contributed by atoms with Crippen LogP contribution in [0, 0.1) is 0 Å². The Morgan fingerprint density at radius 3 is 2.59 bits per heavy atom. The van der Waals surface area contributed by atoms with Crippen LogP contribution in [0.3, 0.4) is 0 Å². The Bertz CT molecular complexity index is 741. The minimum Gasteiger partial charge on any atom is -0.334 e. The molecule has 1 aliphatic carbocycles. The summed E-state index contributed by atoms with van der Waals surface area (Å²) >= 11 is 0. The fourth-order valence-corrected chi connectivity index (χ4v) is 3.73. The molecule has 7 heteroatoms. The highest BCUT2D eigenvalue weighted by Crippen LogP contribution is 2.28. The van der Waals surface area contributed by atoms with Crippen LogP contribution in [0.2, 0.25) is 0 Å². The second-order valence-electron chi connectivity index (χ2n) is 7.03. The van der Waals surface area contributed by atoms with E-state index in [1.165, 1.54) is 12.5 Å². The summed E-state index contributed by atoms with van der Waals surface area (Å²) in [5.74, 6) is -0.530. The molecule has 144 valence electrons. The van der Waals surface area contributed by atoms with Crippen LogP contribution in [0.25, 0.3) is 0 Å². The van der Waals surface area contributed by atoms with E-state index in [0.29, 0.717) is 12.1 Å². The predicted molar refractivity (Wildman–Crippen MR) is 103 cm³/mol. The molecular formula is C20H26N4O3.